The molecule has 1 aromatic heterocycles. The Morgan fingerprint density at radius 1 is 1.05 bits per heavy atom. The first-order chi connectivity index (χ1) is 9.66. The standard InChI is InChI=1S/C17H16ClNS/c1-11-13-7-3-6-10-16(13)20-17(11)12(2)19-15-9-5-4-8-14(15)18/h3-10,12,19H,1-2H3. The summed E-state index contributed by atoms with van der Waals surface area (Å²) in [4.78, 5) is 1.37. The van der Waals surface area contributed by atoms with Crippen molar-refractivity contribution in [3.8, 4) is 0 Å². The molecule has 0 saturated heterocycles. The van der Waals surface area contributed by atoms with E-state index in [0.29, 0.717) is 0 Å². The van der Waals surface area contributed by atoms with Crippen molar-refractivity contribution in [2.24, 2.45) is 0 Å². The fraction of sp³-hybridized carbons (Fsp3) is 0.176. The average Bonchev–Trinajstić information content (AvgIpc) is 2.79. The molecule has 3 aromatic rings. The minimum atomic E-state index is 0.243. The van der Waals surface area contributed by atoms with Crippen molar-refractivity contribution >= 4 is 38.7 Å². The molecule has 0 fully saturated rings. The topological polar surface area (TPSA) is 12.0 Å². The Balaban J connectivity index is 1.95. The molecule has 2 aromatic carbocycles. The van der Waals surface area contributed by atoms with Crippen LogP contribution in [0.4, 0.5) is 5.69 Å². The summed E-state index contributed by atoms with van der Waals surface area (Å²) in [5, 5.41) is 5.62. The maximum atomic E-state index is 6.22. The second-order valence-electron chi connectivity index (χ2n) is 4.93. The summed E-state index contributed by atoms with van der Waals surface area (Å²) < 4.78 is 1.34. The van der Waals surface area contributed by atoms with Gasteiger partial charge in [-0.25, -0.2) is 0 Å². The van der Waals surface area contributed by atoms with E-state index in [4.69, 9.17) is 11.6 Å². The Morgan fingerprint density at radius 3 is 2.50 bits per heavy atom. The Kier molecular flexibility index (Phi) is 3.68. The van der Waals surface area contributed by atoms with Gasteiger partial charge in [-0.1, -0.05) is 41.9 Å². The van der Waals surface area contributed by atoms with E-state index in [0.717, 1.165) is 10.7 Å². The van der Waals surface area contributed by atoms with E-state index in [-0.39, 0.29) is 6.04 Å². The fourth-order valence-electron chi connectivity index (χ4n) is 2.48. The number of fused-ring (bicyclic) bond motifs is 1. The highest BCUT2D eigenvalue weighted by atomic mass is 35.5. The number of anilines is 1. The average molecular weight is 302 g/mol. The molecule has 0 aliphatic heterocycles. The van der Waals surface area contributed by atoms with E-state index in [9.17, 15) is 0 Å². The van der Waals surface area contributed by atoms with Gasteiger partial charge in [-0.2, -0.15) is 0 Å². The number of hydrogen-bond acceptors (Lipinski definition) is 2. The van der Waals surface area contributed by atoms with Crippen LogP contribution in [0.2, 0.25) is 5.02 Å². The highest BCUT2D eigenvalue weighted by molar-refractivity contribution is 7.19. The van der Waals surface area contributed by atoms with Crippen LogP contribution in [0.5, 0.6) is 0 Å². The molecule has 1 atom stereocenters. The van der Waals surface area contributed by atoms with E-state index < -0.39 is 0 Å². The lowest BCUT2D eigenvalue weighted by Gasteiger charge is -2.16. The van der Waals surface area contributed by atoms with Crippen LogP contribution in [0.3, 0.4) is 0 Å². The normalized spacial score (nSPS) is 12.6. The molecule has 1 nitrogen and oxygen atoms in total. The molecule has 0 aliphatic carbocycles. The lowest BCUT2D eigenvalue weighted by molar-refractivity contribution is 0.900. The van der Waals surface area contributed by atoms with Crippen LogP contribution in [-0.2, 0) is 0 Å². The molecule has 20 heavy (non-hydrogen) atoms. The van der Waals surface area contributed by atoms with Crippen molar-refractivity contribution in [2.45, 2.75) is 19.9 Å². The van der Waals surface area contributed by atoms with E-state index >= 15 is 0 Å². The van der Waals surface area contributed by atoms with E-state index in [1.807, 2.05) is 35.6 Å². The van der Waals surface area contributed by atoms with Gasteiger partial charge in [0.1, 0.15) is 0 Å². The molecular weight excluding hydrogens is 286 g/mol. The van der Waals surface area contributed by atoms with Gasteiger partial charge in [0.2, 0.25) is 0 Å². The number of halogens is 1. The fourth-order valence-corrected chi connectivity index (χ4v) is 3.89. The van der Waals surface area contributed by atoms with E-state index in [1.165, 1.54) is 20.5 Å². The lowest BCUT2D eigenvalue weighted by atomic mass is 10.1. The monoisotopic (exact) mass is 301 g/mol. The summed E-state index contributed by atoms with van der Waals surface area (Å²) in [6.45, 7) is 4.37. The summed E-state index contributed by atoms with van der Waals surface area (Å²) in [5.74, 6) is 0. The molecule has 0 aliphatic rings. The number of hydrogen-bond donors (Lipinski definition) is 1. The highest BCUT2D eigenvalue weighted by Gasteiger charge is 2.14. The Bertz CT molecular complexity index is 748. The highest BCUT2D eigenvalue weighted by Crippen LogP contribution is 2.36. The first-order valence-electron chi connectivity index (χ1n) is 6.66. The maximum Gasteiger partial charge on any atom is 0.0637 e. The van der Waals surface area contributed by atoms with Gasteiger partial charge < -0.3 is 5.32 Å². The number of nitrogens with one attached hydrogen (secondary N) is 1. The summed E-state index contributed by atoms with van der Waals surface area (Å²) in [6, 6.07) is 16.7. The minimum absolute atomic E-state index is 0.243. The van der Waals surface area contributed by atoms with Crippen LogP contribution in [0.25, 0.3) is 10.1 Å². The summed E-state index contributed by atoms with van der Waals surface area (Å²) in [6.07, 6.45) is 0. The predicted octanol–water partition coefficient (Wildman–Crippen LogP) is 6.04. The third-order valence-electron chi connectivity index (χ3n) is 3.52. The van der Waals surface area contributed by atoms with E-state index in [2.05, 4.69) is 43.4 Å². The first kappa shape index (κ1) is 13.5. The van der Waals surface area contributed by atoms with Crippen molar-refractivity contribution in [1.29, 1.82) is 0 Å². The predicted molar refractivity (Wildman–Crippen MR) is 90.1 cm³/mol. The molecule has 0 amide bonds. The van der Waals surface area contributed by atoms with Crippen molar-refractivity contribution in [3.05, 3.63) is 64.0 Å². The van der Waals surface area contributed by atoms with Crippen molar-refractivity contribution < 1.29 is 0 Å². The van der Waals surface area contributed by atoms with Gasteiger partial charge in [0.25, 0.3) is 0 Å². The molecule has 3 heteroatoms. The van der Waals surface area contributed by atoms with Crippen LogP contribution in [0, 0.1) is 6.92 Å². The molecule has 1 N–H and O–H groups in total. The van der Waals surface area contributed by atoms with E-state index in [1.54, 1.807) is 0 Å². The number of para-hydroxylation sites is 1. The van der Waals surface area contributed by atoms with Gasteiger partial charge in [-0.3, -0.25) is 0 Å². The van der Waals surface area contributed by atoms with Crippen LogP contribution in [-0.4, -0.2) is 0 Å². The second kappa shape index (κ2) is 5.47. The number of benzene rings is 2. The van der Waals surface area contributed by atoms with Crippen molar-refractivity contribution in [2.75, 3.05) is 5.32 Å². The van der Waals surface area contributed by atoms with Gasteiger partial charge >= 0.3 is 0 Å². The van der Waals surface area contributed by atoms with Crippen LogP contribution >= 0.6 is 22.9 Å². The van der Waals surface area contributed by atoms with Gasteiger partial charge in [-0.15, -0.1) is 11.3 Å². The third kappa shape index (κ3) is 2.41. The molecule has 0 spiro atoms. The Morgan fingerprint density at radius 2 is 1.75 bits per heavy atom. The maximum absolute atomic E-state index is 6.22. The lowest BCUT2D eigenvalue weighted by Crippen LogP contribution is -2.06. The first-order valence-corrected chi connectivity index (χ1v) is 7.85. The molecule has 0 bridgehead atoms. The SMILES string of the molecule is Cc1c(C(C)Nc2ccccc2Cl)sc2ccccc12. The number of thiophene rings is 1. The Labute approximate surface area is 128 Å². The molecule has 1 unspecified atom stereocenters. The second-order valence-corrected chi connectivity index (χ2v) is 6.42. The third-order valence-corrected chi connectivity index (χ3v) is 5.30. The van der Waals surface area contributed by atoms with Crippen LogP contribution in [0.1, 0.15) is 23.4 Å². The number of rotatable bonds is 3. The molecular formula is C17H16ClNS. The molecule has 1 heterocycles. The molecule has 3 rings (SSSR count). The zero-order valence-corrected chi connectivity index (χ0v) is 13.1. The van der Waals surface area contributed by atoms with Gasteiger partial charge in [0.15, 0.2) is 0 Å². The number of aryl methyl sites for hydroxylation is 1. The largest absolute Gasteiger partial charge is 0.376 e. The molecule has 102 valence electrons. The Hall–Kier alpha value is -1.51. The molecule has 0 saturated carbocycles. The van der Waals surface area contributed by atoms with Gasteiger partial charge in [0, 0.05) is 9.58 Å². The minimum Gasteiger partial charge on any atom is -0.376 e. The zero-order valence-electron chi connectivity index (χ0n) is 11.5. The zero-order chi connectivity index (χ0) is 14.1. The van der Waals surface area contributed by atoms with Crippen molar-refractivity contribution in [1.82, 2.24) is 0 Å². The molecule has 0 radical (unpaired) electrons. The van der Waals surface area contributed by atoms with Gasteiger partial charge in [0.05, 0.1) is 16.8 Å². The summed E-state index contributed by atoms with van der Waals surface area (Å²) in [5.41, 5.74) is 2.34. The van der Waals surface area contributed by atoms with Crippen LogP contribution in [0.15, 0.2) is 48.5 Å². The quantitative estimate of drug-likeness (QED) is 0.622. The van der Waals surface area contributed by atoms with Crippen LogP contribution < -0.4 is 5.32 Å². The smallest absolute Gasteiger partial charge is 0.0637 e. The summed E-state index contributed by atoms with van der Waals surface area (Å²) >= 11 is 8.07. The van der Waals surface area contributed by atoms with Gasteiger partial charge in [-0.05, 0) is 43.0 Å². The van der Waals surface area contributed by atoms with Crippen molar-refractivity contribution in [3.63, 3.8) is 0 Å². The summed E-state index contributed by atoms with van der Waals surface area (Å²) in [7, 11) is 0.